The van der Waals surface area contributed by atoms with Gasteiger partial charge in [-0.3, -0.25) is 10.2 Å². The third-order valence-electron chi connectivity index (χ3n) is 5.32. The van der Waals surface area contributed by atoms with E-state index in [2.05, 4.69) is 9.71 Å². The number of phenols is 2. The van der Waals surface area contributed by atoms with Crippen molar-refractivity contribution < 1.29 is 46.5 Å². The number of carboxylic acids is 1. The number of carboxylic acid groups (broad SMARTS) is 1. The zero-order valence-corrected chi connectivity index (χ0v) is 21.7. The molecule has 1 unspecified atom stereocenters. The molecule has 4 rings (SSSR count). The van der Waals surface area contributed by atoms with Gasteiger partial charge < -0.3 is 26.0 Å². The number of nitrogen functional groups attached to an aromatic ring is 1. The number of hydrogen-bond donors (Lipinski definition) is 6. The van der Waals surface area contributed by atoms with Crippen molar-refractivity contribution in [3.63, 3.8) is 0 Å². The van der Waals surface area contributed by atoms with Crippen LogP contribution in [-0.2, 0) is 26.2 Å². The van der Waals surface area contributed by atoms with Crippen LogP contribution in [0.15, 0.2) is 34.5 Å². The molecule has 1 atom stereocenters. The van der Waals surface area contributed by atoms with Gasteiger partial charge in [0, 0.05) is 6.54 Å². The highest BCUT2D eigenvalue weighted by atomic mass is 35.5. The van der Waals surface area contributed by atoms with Crippen LogP contribution in [0.4, 0.5) is 13.2 Å². The Balaban J connectivity index is 0.000000532. The van der Waals surface area contributed by atoms with Crippen molar-refractivity contribution in [3.8, 4) is 11.5 Å². The largest absolute Gasteiger partial charge is 0.507 e. The first-order valence-electron chi connectivity index (χ1n) is 10.6. The van der Waals surface area contributed by atoms with Crippen LogP contribution in [0.1, 0.15) is 17.5 Å². The second-order valence-corrected chi connectivity index (χ2v) is 11.4. The number of rotatable bonds is 6. The van der Waals surface area contributed by atoms with Crippen molar-refractivity contribution in [2.75, 3.05) is 6.54 Å². The first kappa shape index (κ1) is 29.9. The number of thiophene rings is 1. The molecule has 1 amide bonds. The molecule has 0 bridgehead atoms. The number of amidine groups is 1. The molecule has 2 aromatic heterocycles. The minimum absolute atomic E-state index is 0.0120. The quantitative estimate of drug-likeness (QED) is 0.137. The number of halogens is 4. The number of aromatic hydroxyl groups is 2. The molecular weight excluding hydrogens is 591 g/mol. The number of aliphatic carboxylic acids is 1. The van der Waals surface area contributed by atoms with E-state index in [4.69, 9.17) is 32.6 Å². The number of carbonyl (C=O) groups is 2. The van der Waals surface area contributed by atoms with Crippen LogP contribution in [0.2, 0.25) is 5.15 Å². The molecule has 210 valence electrons. The van der Waals surface area contributed by atoms with Crippen LogP contribution < -0.4 is 10.5 Å². The van der Waals surface area contributed by atoms with Gasteiger partial charge in [-0.25, -0.2) is 18.2 Å². The maximum atomic E-state index is 12.8. The number of fused-ring (bicyclic) bond motifs is 1. The van der Waals surface area contributed by atoms with Crippen LogP contribution in [-0.4, -0.2) is 70.1 Å². The molecule has 39 heavy (non-hydrogen) atoms. The van der Waals surface area contributed by atoms with E-state index >= 15 is 0 Å². The smallest absolute Gasteiger partial charge is 0.490 e. The molecule has 18 heteroatoms. The van der Waals surface area contributed by atoms with Gasteiger partial charge in [0.05, 0.1) is 27.9 Å². The lowest BCUT2D eigenvalue weighted by Gasteiger charge is -2.19. The van der Waals surface area contributed by atoms with Crippen molar-refractivity contribution in [1.82, 2.24) is 14.6 Å². The molecule has 1 aliphatic rings. The number of hydrogen-bond acceptors (Lipinski definition) is 9. The molecule has 1 aromatic carbocycles. The highest BCUT2D eigenvalue weighted by molar-refractivity contribution is 7.91. The fourth-order valence-electron chi connectivity index (χ4n) is 3.45. The van der Waals surface area contributed by atoms with E-state index in [1.165, 1.54) is 23.1 Å². The number of benzene rings is 1. The Kier molecular flexibility index (Phi) is 8.59. The first-order valence-corrected chi connectivity index (χ1v) is 13.2. The Bertz CT molecular complexity index is 1560. The number of aromatic nitrogens is 1. The van der Waals surface area contributed by atoms with Gasteiger partial charge in [0.15, 0.2) is 0 Å². The minimum atomic E-state index is -5.08. The summed E-state index contributed by atoms with van der Waals surface area (Å²) in [7, 11) is -3.99. The Labute approximate surface area is 227 Å². The molecule has 0 radical (unpaired) electrons. The maximum absolute atomic E-state index is 12.8. The molecule has 1 saturated heterocycles. The Morgan fingerprint density at radius 2 is 1.92 bits per heavy atom. The summed E-state index contributed by atoms with van der Waals surface area (Å²) >= 11 is 6.87. The van der Waals surface area contributed by atoms with Gasteiger partial charge in [-0.05, 0) is 36.8 Å². The SMILES string of the molecule is N=C(N)c1ccc(O)c(CN2CCC(NS(=O)(=O)c3cc4nc(Cl)ccc4s3)C2=O)c1O.O=C(O)C(F)(F)F. The summed E-state index contributed by atoms with van der Waals surface area (Å²) in [6.45, 7) is 0.0416. The summed E-state index contributed by atoms with van der Waals surface area (Å²) in [4.78, 5) is 27.1. The molecule has 0 spiro atoms. The Hall–Kier alpha value is -3.67. The van der Waals surface area contributed by atoms with Gasteiger partial charge >= 0.3 is 12.1 Å². The molecular formula is C21H19ClF3N5O7S2. The van der Waals surface area contributed by atoms with E-state index in [0.29, 0.717) is 10.2 Å². The van der Waals surface area contributed by atoms with Gasteiger partial charge in [0.2, 0.25) is 5.91 Å². The molecule has 1 aliphatic heterocycles. The van der Waals surface area contributed by atoms with Gasteiger partial charge in [-0.15, -0.1) is 11.3 Å². The van der Waals surface area contributed by atoms with Crippen LogP contribution in [0, 0.1) is 5.41 Å². The number of phenolic OH excluding ortho intramolecular Hbond substituents is 2. The van der Waals surface area contributed by atoms with Crippen molar-refractivity contribution in [2.24, 2.45) is 5.73 Å². The summed E-state index contributed by atoms with van der Waals surface area (Å²) < 4.78 is 60.5. The molecule has 3 aromatic rings. The lowest BCUT2D eigenvalue weighted by atomic mass is 10.1. The predicted octanol–water partition coefficient (Wildman–Crippen LogP) is 2.36. The van der Waals surface area contributed by atoms with Gasteiger partial charge in [0.25, 0.3) is 10.0 Å². The topological polar surface area (TPSA) is 207 Å². The minimum Gasteiger partial charge on any atom is -0.507 e. The van der Waals surface area contributed by atoms with E-state index in [1.807, 2.05) is 0 Å². The third kappa shape index (κ3) is 6.86. The highest BCUT2D eigenvalue weighted by Gasteiger charge is 2.38. The molecule has 3 heterocycles. The standard InChI is InChI=1S/C19H18ClN5O5S2.C2HF3O2/c20-15-4-3-14-12(23-15)7-16(31-14)32(29,30)24-11-5-6-25(19(11)28)8-10-13(26)2-1-9(17(10)27)18(21)22;3-2(4,5)1(6)7/h1-4,7,11,24,26-27H,5-6,8H2,(H3,21,22);(H,6,7). The summed E-state index contributed by atoms with van der Waals surface area (Å²) in [5.74, 6) is -4.30. The zero-order chi connectivity index (χ0) is 29.3. The van der Waals surface area contributed by atoms with E-state index < -0.39 is 39.9 Å². The number of nitrogens with one attached hydrogen (secondary N) is 2. The number of nitrogens with zero attached hydrogens (tertiary/aromatic N) is 2. The highest BCUT2D eigenvalue weighted by Crippen LogP contribution is 2.33. The fourth-order valence-corrected chi connectivity index (χ4v) is 6.16. The number of pyridine rings is 1. The Morgan fingerprint density at radius 1 is 1.28 bits per heavy atom. The fraction of sp³-hybridized carbons (Fsp3) is 0.238. The molecule has 0 saturated carbocycles. The number of amides is 1. The molecule has 7 N–H and O–H groups in total. The predicted molar refractivity (Wildman–Crippen MR) is 133 cm³/mol. The van der Waals surface area contributed by atoms with Crippen molar-refractivity contribution in [2.45, 2.75) is 29.4 Å². The monoisotopic (exact) mass is 609 g/mol. The van der Waals surface area contributed by atoms with Gasteiger partial charge in [-0.2, -0.15) is 17.9 Å². The average molecular weight is 610 g/mol. The van der Waals surface area contributed by atoms with Crippen LogP contribution >= 0.6 is 22.9 Å². The number of nitrogens with two attached hydrogens (primary N) is 1. The van der Waals surface area contributed by atoms with Gasteiger partial charge in [0.1, 0.15) is 32.7 Å². The summed E-state index contributed by atoms with van der Waals surface area (Å²) in [6.07, 6.45) is -4.87. The molecule has 1 fully saturated rings. The summed E-state index contributed by atoms with van der Waals surface area (Å²) in [5.41, 5.74) is 5.93. The third-order valence-corrected chi connectivity index (χ3v) is 8.56. The van der Waals surface area contributed by atoms with E-state index in [9.17, 15) is 36.6 Å². The lowest BCUT2D eigenvalue weighted by molar-refractivity contribution is -0.192. The second-order valence-electron chi connectivity index (χ2n) is 7.98. The van der Waals surface area contributed by atoms with E-state index in [1.54, 1.807) is 12.1 Å². The second kappa shape index (κ2) is 11.2. The molecule has 12 nitrogen and oxygen atoms in total. The zero-order valence-electron chi connectivity index (χ0n) is 19.4. The van der Waals surface area contributed by atoms with E-state index in [-0.39, 0.29) is 51.6 Å². The normalized spacial score (nSPS) is 15.7. The van der Waals surface area contributed by atoms with E-state index in [0.717, 1.165) is 11.3 Å². The number of sulfonamides is 1. The molecule has 0 aliphatic carbocycles. The number of carbonyl (C=O) groups excluding carboxylic acids is 1. The average Bonchev–Trinajstić information content (AvgIpc) is 3.40. The van der Waals surface area contributed by atoms with Crippen LogP contribution in [0.25, 0.3) is 10.2 Å². The number of alkyl halides is 3. The number of likely N-dealkylation sites (tertiary alicyclic amines) is 1. The van der Waals surface area contributed by atoms with Crippen molar-refractivity contribution in [3.05, 3.63) is 46.6 Å². The summed E-state index contributed by atoms with van der Waals surface area (Å²) in [5, 5.41) is 35.3. The van der Waals surface area contributed by atoms with Gasteiger partial charge in [-0.1, -0.05) is 11.6 Å². The first-order chi connectivity index (χ1) is 18.0. The summed E-state index contributed by atoms with van der Waals surface area (Å²) in [6, 6.07) is 6.21. The van der Waals surface area contributed by atoms with Crippen LogP contribution in [0.5, 0.6) is 11.5 Å². The maximum Gasteiger partial charge on any atom is 0.490 e. The van der Waals surface area contributed by atoms with Crippen molar-refractivity contribution >= 4 is 60.9 Å². The van der Waals surface area contributed by atoms with Crippen molar-refractivity contribution in [1.29, 1.82) is 5.41 Å². The Morgan fingerprint density at radius 3 is 2.51 bits per heavy atom. The lowest BCUT2D eigenvalue weighted by Crippen LogP contribution is -2.41. The van der Waals surface area contributed by atoms with Crippen LogP contribution in [0.3, 0.4) is 0 Å².